The Bertz CT molecular complexity index is 1060. The van der Waals surface area contributed by atoms with Crippen LogP contribution in [0.15, 0.2) is 41.5 Å². The number of benzene rings is 2. The van der Waals surface area contributed by atoms with Crippen molar-refractivity contribution in [1.29, 1.82) is 0 Å². The number of carbonyl (C=O) groups is 3. The molecule has 2 amide bonds. The van der Waals surface area contributed by atoms with Gasteiger partial charge in [0.15, 0.2) is 18.1 Å². The van der Waals surface area contributed by atoms with Gasteiger partial charge in [-0.25, -0.2) is 10.2 Å². The summed E-state index contributed by atoms with van der Waals surface area (Å²) in [6.45, 7) is 5.50. The van der Waals surface area contributed by atoms with Gasteiger partial charge >= 0.3 is 5.97 Å². The minimum Gasteiger partial charge on any atom is -0.497 e. The van der Waals surface area contributed by atoms with Crippen LogP contribution in [-0.2, 0) is 14.3 Å². The van der Waals surface area contributed by atoms with Crippen LogP contribution in [-0.4, -0.2) is 57.0 Å². The molecule has 0 bridgehead atoms. The minimum atomic E-state index is -0.820. The van der Waals surface area contributed by atoms with Crippen LogP contribution >= 0.6 is 22.6 Å². The molecule has 0 saturated heterocycles. The van der Waals surface area contributed by atoms with Crippen LogP contribution in [0.5, 0.6) is 17.2 Å². The fourth-order valence-electron chi connectivity index (χ4n) is 2.75. The van der Waals surface area contributed by atoms with E-state index in [-0.39, 0.29) is 13.2 Å². The number of rotatable bonds is 12. The maximum atomic E-state index is 12.3. The molecule has 188 valence electrons. The van der Waals surface area contributed by atoms with Gasteiger partial charge < -0.3 is 24.3 Å². The quantitative estimate of drug-likeness (QED) is 0.167. The summed E-state index contributed by atoms with van der Waals surface area (Å²) in [5.74, 6) is 0.105. The van der Waals surface area contributed by atoms with Crippen molar-refractivity contribution in [2.45, 2.75) is 26.8 Å². The van der Waals surface area contributed by atoms with Crippen molar-refractivity contribution in [1.82, 2.24) is 10.7 Å². The van der Waals surface area contributed by atoms with Crippen molar-refractivity contribution in [3.63, 3.8) is 0 Å². The number of nitrogens with one attached hydrogen (secondary N) is 2. The second kappa shape index (κ2) is 14.1. The van der Waals surface area contributed by atoms with Gasteiger partial charge in [-0.05, 0) is 85.3 Å². The smallest absolute Gasteiger partial charge is 0.344 e. The molecule has 11 heteroatoms. The summed E-state index contributed by atoms with van der Waals surface area (Å²) in [5, 5.41) is 6.59. The lowest BCUT2D eigenvalue weighted by molar-refractivity contribution is -0.145. The second-order valence-corrected chi connectivity index (χ2v) is 8.18. The van der Waals surface area contributed by atoms with E-state index >= 15 is 0 Å². The van der Waals surface area contributed by atoms with Crippen molar-refractivity contribution in [2.75, 3.05) is 26.9 Å². The summed E-state index contributed by atoms with van der Waals surface area (Å²) in [4.78, 5) is 36.3. The Morgan fingerprint density at radius 2 is 1.80 bits per heavy atom. The number of methoxy groups -OCH3 is 1. The monoisotopic (exact) mass is 597 g/mol. The molecule has 1 atom stereocenters. The standard InChI is InChI=1S/C24H28IN3O7/c1-5-33-20-12-16(11-19(25)22(20)35-14-21(29)34-6-2)13-26-28-23(30)15(3)27-24(31)17-7-9-18(32-4)10-8-17/h7-13,15H,5-6,14H2,1-4H3,(H,27,31)(H,28,30). The molecule has 0 saturated carbocycles. The van der Waals surface area contributed by atoms with Crippen LogP contribution in [0, 0.1) is 3.57 Å². The van der Waals surface area contributed by atoms with Gasteiger partial charge in [0.25, 0.3) is 11.8 Å². The maximum absolute atomic E-state index is 12.3. The normalized spacial score (nSPS) is 11.5. The summed E-state index contributed by atoms with van der Waals surface area (Å²) in [6, 6.07) is 9.15. The number of halogens is 1. The highest BCUT2D eigenvalue weighted by molar-refractivity contribution is 14.1. The number of hydrogen-bond acceptors (Lipinski definition) is 8. The molecule has 2 aromatic carbocycles. The molecule has 0 aliphatic rings. The molecule has 0 spiro atoms. The van der Waals surface area contributed by atoms with Gasteiger partial charge in [0.05, 0.1) is 30.1 Å². The average molecular weight is 597 g/mol. The van der Waals surface area contributed by atoms with Crippen LogP contribution in [0.1, 0.15) is 36.7 Å². The zero-order chi connectivity index (χ0) is 25.8. The van der Waals surface area contributed by atoms with Gasteiger partial charge in [-0.2, -0.15) is 5.10 Å². The van der Waals surface area contributed by atoms with Gasteiger partial charge in [-0.1, -0.05) is 0 Å². The molecule has 0 radical (unpaired) electrons. The molecule has 2 rings (SSSR count). The lowest BCUT2D eigenvalue weighted by Crippen LogP contribution is -2.43. The topological polar surface area (TPSA) is 125 Å². The zero-order valence-electron chi connectivity index (χ0n) is 19.9. The first-order chi connectivity index (χ1) is 16.8. The fourth-order valence-corrected chi connectivity index (χ4v) is 3.54. The molecular weight excluding hydrogens is 569 g/mol. The maximum Gasteiger partial charge on any atom is 0.344 e. The second-order valence-electron chi connectivity index (χ2n) is 7.01. The summed E-state index contributed by atoms with van der Waals surface area (Å²) in [6.07, 6.45) is 1.44. The van der Waals surface area contributed by atoms with Gasteiger partial charge in [0.2, 0.25) is 0 Å². The van der Waals surface area contributed by atoms with Crippen molar-refractivity contribution in [3.05, 3.63) is 51.1 Å². The van der Waals surface area contributed by atoms with Crippen molar-refractivity contribution >= 4 is 46.6 Å². The molecule has 2 N–H and O–H groups in total. The molecule has 0 aliphatic carbocycles. The van der Waals surface area contributed by atoms with E-state index in [1.165, 1.54) is 13.3 Å². The Hall–Kier alpha value is -3.35. The SMILES string of the molecule is CCOC(=O)COc1c(I)cc(C=NNC(=O)C(C)NC(=O)c2ccc(OC)cc2)cc1OCC. The van der Waals surface area contributed by atoms with Crippen molar-refractivity contribution in [3.8, 4) is 17.2 Å². The highest BCUT2D eigenvalue weighted by Crippen LogP contribution is 2.34. The number of amides is 2. The lowest BCUT2D eigenvalue weighted by atomic mass is 10.2. The van der Waals surface area contributed by atoms with E-state index < -0.39 is 23.8 Å². The Labute approximate surface area is 217 Å². The van der Waals surface area contributed by atoms with Crippen LogP contribution in [0.4, 0.5) is 0 Å². The molecule has 35 heavy (non-hydrogen) atoms. The van der Waals surface area contributed by atoms with Crippen molar-refractivity contribution < 1.29 is 33.3 Å². The predicted octanol–water partition coefficient (Wildman–Crippen LogP) is 2.91. The van der Waals surface area contributed by atoms with Gasteiger partial charge in [0.1, 0.15) is 11.8 Å². The Kier molecular flexibility index (Phi) is 11.3. The first kappa shape index (κ1) is 27.9. The summed E-state index contributed by atoms with van der Waals surface area (Å²) in [7, 11) is 1.54. The summed E-state index contributed by atoms with van der Waals surface area (Å²) in [5.41, 5.74) is 3.44. The molecular formula is C24H28IN3O7. The van der Waals surface area contributed by atoms with Crippen LogP contribution in [0.3, 0.4) is 0 Å². The lowest BCUT2D eigenvalue weighted by Gasteiger charge is -2.14. The van der Waals surface area contributed by atoms with E-state index in [1.807, 2.05) is 6.92 Å². The number of nitrogens with zero attached hydrogens (tertiary/aromatic N) is 1. The first-order valence-corrected chi connectivity index (χ1v) is 11.9. The third kappa shape index (κ3) is 8.74. The average Bonchev–Trinajstić information content (AvgIpc) is 2.83. The van der Waals surface area contributed by atoms with E-state index in [2.05, 4.69) is 38.4 Å². The summed E-state index contributed by atoms with van der Waals surface area (Å²) < 4.78 is 21.8. The van der Waals surface area contributed by atoms with Crippen LogP contribution in [0.25, 0.3) is 0 Å². The molecule has 10 nitrogen and oxygen atoms in total. The van der Waals surface area contributed by atoms with Gasteiger partial charge in [0, 0.05) is 5.56 Å². The Morgan fingerprint density at radius 1 is 1.09 bits per heavy atom. The number of hydrazone groups is 1. The van der Waals surface area contributed by atoms with E-state index in [1.54, 1.807) is 50.2 Å². The largest absolute Gasteiger partial charge is 0.497 e. The highest BCUT2D eigenvalue weighted by Gasteiger charge is 2.17. The molecule has 0 aliphatic heterocycles. The van der Waals surface area contributed by atoms with Gasteiger partial charge in [-0.3, -0.25) is 9.59 Å². The number of ether oxygens (including phenoxy) is 4. The summed E-state index contributed by atoms with van der Waals surface area (Å²) >= 11 is 2.06. The number of carbonyl (C=O) groups excluding carboxylic acids is 3. The van der Waals surface area contributed by atoms with Crippen LogP contribution in [0.2, 0.25) is 0 Å². The molecule has 2 aromatic rings. The van der Waals surface area contributed by atoms with Crippen molar-refractivity contribution in [2.24, 2.45) is 5.10 Å². The van der Waals surface area contributed by atoms with E-state index in [0.717, 1.165) is 0 Å². The third-order valence-corrected chi connectivity index (χ3v) is 5.25. The fraction of sp³-hybridized carbons (Fsp3) is 0.333. The van der Waals surface area contributed by atoms with E-state index in [9.17, 15) is 14.4 Å². The highest BCUT2D eigenvalue weighted by atomic mass is 127. The molecule has 0 heterocycles. The minimum absolute atomic E-state index is 0.243. The Morgan fingerprint density at radius 3 is 2.43 bits per heavy atom. The van der Waals surface area contributed by atoms with E-state index in [0.29, 0.717) is 38.6 Å². The van der Waals surface area contributed by atoms with Gasteiger partial charge in [-0.15, -0.1) is 0 Å². The predicted molar refractivity (Wildman–Crippen MR) is 138 cm³/mol. The number of hydrogen-bond donors (Lipinski definition) is 2. The third-order valence-electron chi connectivity index (χ3n) is 4.45. The van der Waals surface area contributed by atoms with E-state index in [4.69, 9.17) is 18.9 Å². The Balaban J connectivity index is 1.99. The zero-order valence-corrected chi connectivity index (χ0v) is 22.1. The first-order valence-electron chi connectivity index (χ1n) is 10.8. The molecule has 0 fully saturated rings. The van der Waals surface area contributed by atoms with Crippen LogP contribution < -0.4 is 25.0 Å². The number of esters is 1. The molecule has 0 aromatic heterocycles. The molecule has 1 unspecified atom stereocenters.